The van der Waals surface area contributed by atoms with Crippen molar-refractivity contribution in [1.29, 1.82) is 0 Å². The van der Waals surface area contributed by atoms with E-state index in [2.05, 4.69) is 12.2 Å². The first-order valence-corrected chi connectivity index (χ1v) is 6.74. The predicted molar refractivity (Wildman–Crippen MR) is 74.5 cm³/mol. The van der Waals surface area contributed by atoms with Gasteiger partial charge in [0.15, 0.2) is 0 Å². The molecule has 0 amide bonds. The van der Waals surface area contributed by atoms with Gasteiger partial charge in [-0.05, 0) is 24.1 Å². The average Bonchev–Trinajstić information content (AvgIpc) is 2.42. The lowest BCUT2D eigenvalue weighted by Crippen LogP contribution is -2.03. The highest BCUT2D eigenvalue weighted by molar-refractivity contribution is 5.68. The number of carbonyl (C=O) groups is 1. The topological polar surface area (TPSA) is 38.3 Å². The lowest BCUT2D eigenvalue weighted by atomic mass is 10.2. The minimum atomic E-state index is -0.156. The summed E-state index contributed by atoms with van der Waals surface area (Å²) < 4.78 is 5.07. The van der Waals surface area contributed by atoms with Gasteiger partial charge >= 0.3 is 5.97 Å². The Labute approximate surface area is 110 Å². The van der Waals surface area contributed by atoms with Crippen LogP contribution in [0.4, 0.5) is 5.69 Å². The monoisotopic (exact) mass is 249 g/mol. The molecule has 0 radical (unpaired) electrons. The fourth-order valence-electron chi connectivity index (χ4n) is 1.59. The molecule has 0 aliphatic carbocycles. The third-order valence-electron chi connectivity index (χ3n) is 2.75. The molecule has 18 heavy (non-hydrogen) atoms. The maximum Gasteiger partial charge on any atom is 0.305 e. The second-order valence-electron chi connectivity index (χ2n) is 4.35. The van der Waals surface area contributed by atoms with E-state index in [9.17, 15) is 4.79 Å². The normalized spacial score (nSPS) is 10.1. The summed E-state index contributed by atoms with van der Waals surface area (Å²) in [6, 6.07) is 8.04. The number of unbranched alkanes of at least 4 members (excludes halogenated alkanes) is 2. The molecule has 3 heteroatoms. The SMILES string of the molecule is CCCCCNc1ccc(COC(=O)CC)cc1. The quantitative estimate of drug-likeness (QED) is 0.563. The number of carbonyl (C=O) groups excluding carboxylic acids is 1. The van der Waals surface area contributed by atoms with Crippen molar-refractivity contribution < 1.29 is 9.53 Å². The van der Waals surface area contributed by atoms with Gasteiger partial charge in [-0.15, -0.1) is 0 Å². The molecular formula is C15H23NO2. The van der Waals surface area contributed by atoms with Gasteiger partial charge in [-0.1, -0.05) is 38.8 Å². The van der Waals surface area contributed by atoms with Gasteiger partial charge in [0.25, 0.3) is 0 Å². The minimum absolute atomic E-state index is 0.156. The first kappa shape index (κ1) is 14.6. The Hall–Kier alpha value is -1.51. The number of hydrogen-bond acceptors (Lipinski definition) is 3. The van der Waals surface area contributed by atoms with Crippen molar-refractivity contribution >= 4 is 11.7 Å². The Kier molecular flexibility index (Phi) is 6.92. The molecule has 0 aliphatic heterocycles. The zero-order valence-electron chi connectivity index (χ0n) is 11.4. The summed E-state index contributed by atoms with van der Waals surface area (Å²) in [5.41, 5.74) is 2.15. The Morgan fingerprint density at radius 3 is 2.50 bits per heavy atom. The summed E-state index contributed by atoms with van der Waals surface area (Å²) in [5.74, 6) is -0.156. The van der Waals surface area contributed by atoms with E-state index in [1.54, 1.807) is 6.92 Å². The number of esters is 1. The van der Waals surface area contributed by atoms with Crippen LogP contribution in [-0.4, -0.2) is 12.5 Å². The van der Waals surface area contributed by atoms with E-state index < -0.39 is 0 Å². The van der Waals surface area contributed by atoms with Crippen LogP contribution in [0, 0.1) is 0 Å². The number of ether oxygens (including phenoxy) is 1. The first-order chi connectivity index (χ1) is 8.76. The first-order valence-electron chi connectivity index (χ1n) is 6.74. The van der Waals surface area contributed by atoms with Crippen LogP contribution >= 0.6 is 0 Å². The molecule has 100 valence electrons. The van der Waals surface area contributed by atoms with Crippen molar-refractivity contribution in [3.63, 3.8) is 0 Å². The summed E-state index contributed by atoms with van der Waals surface area (Å²) in [5, 5.41) is 3.37. The van der Waals surface area contributed by atoms with E-state index in [0.29, 0.717) is 13.0 Å². The molecular weight excluding hydrogens is 226 g/mol. The lowest BCUT2D eigenvalue weighted by Gasteiger charge is -2.07. The van der Waals surface area contributed by atoms with Crippen molar-refractivity contribution in [3.05, 3.63) is 29.8 Å². The molecule has 1 N–H and O–H groups in total. The van der Waals surface area contributed by atoms with Gasteiger partial charge in [-0.2, -0.15) is 0 Å². The molecule has 1 aromatic carbocycles. The smallest absolute Gasteiger partial charge is 0.305 e. The number of anilines is 1. The average molecular weight is 249 g/mol. The molecule has 0 heterocycles. The zero-order chi connectivity index (χ0) is 13.2. The maximum atomic E-state index is 11.0. The third kappa shape index (κ3) is 5.71. The van der Waals surface area contributed by atoms with Crippen LogP contribution in [-0.2, 0) is 16.1 Å². The summed E-state index contributed by atoms with van der Waals surface area (Å²) >= 11 is 0. The highest BCUT2D eigenvalue weighted by Gasteiger charge is 1.99. The summed E-state index contributed by atoms with van der Waals surface area (Å²) in [4.78, 5) is 11.0. The largest absolute Gasteiger partial charge is 0.461 e. The fourth-order valence-corrected chi connectivity index (χ4v) is 1.59. The van der Waals surface area contributed by atoms with Crippen LogP contribution < -0.4 is 5.32 Å². The fraction of sp³-hybridized carbons (Fsp3) is 0.533. The van der Waals surface area contributed by atoms with Gasteiger partial charge in [0.2, 0.25) is 0 Å². The molecule has 0 unspecified atom stereocenters. The van der Waals surface area contributed by atoms with Crippen molar-refractivity contribution in [2.45, 2.75) is 46.1 Å². The lowest BCUT2D eigenvalue weighted by molar-refractivity contribution is -0.144. The standard InChI is InChI=1S/C15H23NO2/c1-3-5-6-11-16-14-9-7-13(8-10-14)12-18-15(17)4-2/h7-10,16H,3-6,11-12H2,1-2H3. The molecule has 0 aliphatic rings. The highest BCUT2D eigenvalue weighted by Crippen LogP contribution is 2.11. The number of hydrogen-bond donors (Lipinski definition) is 1. The molecule has 0 saturated heterocycles. The van der Waals surface area contributed by atoms with Gasteiger partial charge < -0.3 is 10.1 Å². The van der Waals surface area contributed by atoms with Gasteiger partial charge in [-0.25, -0.2) is 0 Å². The number of nitrogens with one attached hydrogen (secondary N) is 1. The van der Waals surface area contributed by atoms with Crippen molar-refractivity contribution in [3.8, 4) is 0 Å². The van der Waals surface area contributed by atoms with Gasteiger partial charge in [0.05, 0.1) is 0 Å². The summed E-state index contributed by atoms with van der Waals surface area (Å²) in [6.07, 6.45) is 4.13. The van der Waals surface area contributed by atoms with E-state index in [0.717, 1.165) is 17.8 Å². The van der Waals surface area contributed by atoms with E-state index in [-0.39, 0.29) is 5.97 Å². The molecule has 0 aromatic heterocycles. The Morgan fingerprint density at radius 1 is 1.17 bits per heavy atom. The van der Waals surface area contributed by atoms with Gasteiger partial charge in [0, 0.05) is 18.7 Å². The number of rotatable bonds is 8. The predicted octanol–water partition coefficient (Wildman–Crippen LogP) is 3.74. The molecule has 0 saturated carbocycles. The Bertz CT molecular complexity index is 346. The zero-order valence-corrected chi connectivity index (χ0v) is 11.4. The molecule has 0 bridgehead atoms. The van der Waals surface area contributed by atoms with Crippen molar-refractivity contribution in [1.82, 2.24) is 0 Å². The van der Waals surface area contributed by atoms with Crippen LogP contribution in [0.25, 0.3) is 0 Å². The van der Waals surface area contributed by atoms with E-state index in [4.69, 9.17) is 4.74 Å². The van der Waals surface area contributed by atoms with E-state index in [1.807, 2.05) is 24.3 Å². The molecule has 0 fully saturated rings. The third-order valence-corrected chi connectivity index (χ3v) is 2.75. The Balaban J connectivity index is 2.31. The van der Waals surface area contributed by atoms with Gasteiger partial charge in [0.1, 0.15) is 6.61 Å². The van der Waals surface area contributed by atoms with Gasteiger partial charge in [-0.3, -0.25) is 4.79 Å². The van der Waals surface area contributed by atoms with Crippen LogP contribution in [0.5, 0.6) is 0 Å². The number of benzene rings is 1. The Morgan fingerprint density at radius 2 is 1.89 bits per heavy atom. The summed E-state index contributed by atoms with van der Waals surface area (Å²) in [7, 11) is 0. The second-order valence-corrected chi connectivity index (χ2v) is 4.35. The summed E-state index contributed by atoms with van der Waals surface area (Å²) in [6.45, 7) is 5.37. The minimum Gasteiger partial charge on any atom is -0.461 e. The second kappa shape index (κ2) is 8.56. The molecule has 0 spiro atoms. The van der Waals surface area contributed by atoms with Crippen molar-refractivity contribution in [2.24, 2.45) is 0 Å². The van der Waals surface area contributed by atoms with Crippen LogP contribution in [0.2, 0.25) is 0 Å². The molecule has 1 rings (SSSR count). The van der Waals surface area contributed by atoms with Crippen LogP contribution in [0.1, 0.15) is 45.1 Å². The molecule has 0 atom stereocenters. The van der Waals surface area contributed by atoms with Crippen LogP contribution in [0.3, 0.4) is 0 Å². The maximum absolute atomic E-state index is 11.0. The van der Waals surface area contributed by atoms with E-state index in [1.165, 1.54) is 19.3 Å². The molecule has 3 nitrogen and oxygen atoms in total. The molecule has 1 aromatic rings. The van der Waals surface area contributed by atoms with Crippen LogP contribution in [0.15, 0.2) is 24.3 Å². The highest BCUT2D eigenvalue weighted by atomic mass is 16.5. The van der Waals surface area contributed by atoms with E-state index >= 15 is 0 Å². The van der Waals surface area contributed by atoms with Crippen molar-refractivity contribution in [2.75, 3.05) is 11.9 Å².